The first kappa shape index (κ1) is 108. The van der Waals surface area contributed by atoms with Crippen LogP contribution in [0, 0.1) is 0 Å². The minimum atomic E-state index is -3.43. The number of rotatable bonds is 65. The first-order valence-electron chi connectivity index (χ1n) is 51.4. The van der Waals surface area contributed by atoms with Crippen LogP contribution in [0.15, 0.2) is 364 Å². The van der Waals surface area contributed by atoms with Gasteiger partial charge in [-0.1, -0.05) is 0 Å². The number of hydrogen-bond donors (Lipinski definition) is 6. The molecule has 0 heterocycles. The average molecular weight is 2620 g/mol. The van der Waals surface area contributed by atoms with Gasteiger partial charge in [0.2, 0.25) is 0 Å². The van der Waals surface area contributed by atoms with Crippen molar-refractivity contribution in [3.8, 4) is 0 Å². The van der Waals surface area contributed by atoms with Gasteiger partial charge in [0.05, 0.1) is 0 Å². The van der Waals surface area contributed by atoms with Crippen LogP contribution < -0.4 is 43.0 Å². The molecule has 0 aromatic heterocycles. The Labute approximate surface area is 830 Å². The summed E-state index contributed by atoms with van der Waals surface area (Å²) < 4.78 is 44.9. The second kappa shape index (κ2) is 58.9. The Morgan fingerprint density at radius 1 is 0.106 bits per heavy atom. The van der Waals surface area contributed by atoms with E-state index in [0.717, 1.165) is 65.1 Å². The fourth-order valence-electron chi connectivity index (χ4n) is 24.6. The van der Waals surface area contributed by atoms with Crippen molar-refractivity contribution in [2.24, 2.45) is 0 Å². The average Bonchev–Trinajstić information content (AvgIpc) is 0.816. The number of unbranched alkanes of at least 4 members (excludes halogenated alkanes) is 7. The topological polar surface area (TPSA) is 121 Å². The van der Waals surface area contributed by atoms with Crippen LogP contribution in [0.1, 0.15) is 128 Å². The second-order valence-electron chi connectivity index (χ2n) is 39.3. The molecule has 6 N–H and O–H groups in total. The van der Waals surface area contributed by atoms with E-state index in [1.807, 2.05) is 0 Å². The van der Waals surface area contributed by atoms with Crippen LogP contribution in [-0.2, 0) is 0 Å². The van der Waals surface area contributed by atoms with Gasteiger partial charge < -0.3 is 0 Å². The van der Waals surface area contributed by atoms with E-state index >= 15 is 0 Å². The Bertz CT molecular complexity index is 3970. The van der Waals surface area contributed by atoms with Crippen LogP contribution in [0.25, 0.3) is 0 Å². The van der Waals surface area contributed by atoms with Crippen molar-refractivity contribution in [1.29, 1.82) is 0 Å². The zero-order chi connectivity index (χ0) is 91.9. The van der Waals surface area contributed by atoms with E-state index in [9.17, 15) is 30.6 Å². The summed E-state index contributed by atoms with van der Waals surface area (Å²) in [6.07, 6.45) is 23.0. The van der Waals surface area contributed by atoms with Gasteiger partial charge >= 0.3 is 841 Å². The molecule has 0 amide bonds. The third-order valence-electron chi connectivity index (χ3n) is 31.5. The molecule has 0 aliphatic carbocycles. The predicted molar refractivity (Wildman–Crippen MR) is 590 cm³/mol. The summed E-state index contributed by atoms with van der Waals surface area (Å²) in [7, 11) is 0. The van der Waals surface area contributed by atoms with Gasteiger partial charge in [-0.05, 0) is 0 Å². The van der Waals surface area contributed by atoms with Crippen molar-refractivity contribution in [3.05, 3.63) is 364 Å². The summed E-state index contributed by atoms with van der Waals surface area (Å²) >= 11 is -27.3. The normalized spacial score (nSPS) is 12.5. The molecule has 0 saturated heterocycles. The summed E-state index contributed by atoms with van der Waals surface area (Å²) in [5, 5.41) is 65.3. The van der Waals surface area contributed by atoms with E-state index < -0.39 is 147 Å². The van der Waals surface area contributed by atoms with Crippen LogP contribution in [0.4, 0.5) is 0 Å². The van der Waals surface area contributed by atoms with Crippen LogP contribution in [0.3, 0.4) is 0 Å². The molecule has 12 rings (SSSR count). The maximum absolute atomic E-state index is 10.9. The minimum absolute atomic E-state index is 0.231. The second-order valence-corrected chi connectivity index (χ2v) is 142. The van der Waals surface area contributed by atoms with Gasteiger partial charge in [0, 0.05) is 0 Å². The van der Waals surface area contributed by atoms with Crippen molar-refractivity contribution >= 4 is 190 Å². The molecule has 132 heavy (non-hydrogen) atoms. The molecular formula is C118H158O6Sn8. The molecule has 698 valence electrons. The predicted octanol–water partition coefficient (Wildman–Crippen LogP) is 21.2. The first-order valence-corrected chi connectivity index (χ1v) is 109. The first-order chi connectivity index (χ1) is 65.1. The molecule has 0 unspecified atom stereocenters. The molecule has 0 atom stereocenters. The zero-order valence-electron chi connectivity index (χ0n) is 79.9. The Balaban J connectivity index is 0.962. The van der Waals surface area contributed by atoms with Crippen LogP contribution >= 0.6 is 0 Å². The third-order valence-corrected chi connectivity index (χ3v) is 154. The van der Waals surface area contributed by atoms with Crippen molar-refractivity contribution in [3.63, 3.8) is 0 Å². The monoisotopic (exact) mass is 2630 g/mol. The number of hydrogen-bond acceptors (Lipinski definition) is 6. The van der Waals surface area contributed by atoms with Crippen molar-refractivity contribution in [1.82, 2.24) is 0 Å². The standard InChI is InChI=1S/12C6H5.7C4H8.6C3H7O.8Sn/c12*1-2-4-6-5-3-1;7*1-3-4-2;6*1-2-3-4;;;;;;;;/h12*1-5H;7*1-4H2;6*4H,1-3H2;;;;;;;;. The third kappa shape index (κ3) is 30.2. The number of aliphatic hydroxyl groups is 6. The summed E-state index contributed by atoms with van der Waals surface area (Å²) in [5.41, 5.74) is 0. The Morgan fingerprint density at radius 2 is 0.189 bits per heavy atom. The SMILES string of the molecule is OCC[CH2][Sn]([CH2]CC[CH2][Sn]([CH2]CC[CH2][Sn]([CH2]CC[CH2][Sn]([CH2]CCO)([c]1ccccc1)[c]1ccccc1)([CH2]CC[CH2][Sn]([CH2]CCO)([c]1ccccc1)[c]1ccccc1)[CH2]CC[CH2][Sn]([CH2]CCO)([c]1ccccc1)[c]1ccccc1)([CH2]CC[CH2][Sn]([CH2]CCO)([c]1ccccc1)[c]1ccccc1)[CH2]CC[CH2][Sn]([CH2]CCO)([c]1ccccc1)[c]1ccccc1)([c]1ccccc1)[c]1ccccc1. The Hall–Kier alpha value is -3.21. The van der Waals surface area contributed by atoms with E-state index in [2.05, 4.69) is 364 Å². The van der Waals surface area contributed by atoms with Gasteiger partial charge in [-0.15, -0.1) is 0 Å². The molecule has 12 aromatic carbocycles. The molecule has 14 heteroatoms. The fourth-order valence-corrected chi connectivity index (χ4v) is 142. The molecular weight excluding hydrogens is 2460 g/mol. The van der Waals surface area contributed by atoms with Crippen LogP contribution in [0.2, 0.25) is 88.7 Å². The molecule has 0 saturated carbocycles. The van der Waals surface area contributed by atoms with Gasteiger partial charge in [-0.3, -0.25) is 0 Å². The van der Waals surface area contributed by atoms with Crippen molar-refractivity contribution in [2.45, 2.75) is 217 Å². The molecule has 0 aliphatic rings. The van der Waals surface area contributed by atoms with E-state index in [4.69, 9.17) is 0 Å². The van der Waals surface area contributed by atoms with Crippen molar-refractivity contribution in [2.75, 3.05) is 39.6 Å². The zero-order valence-corrected chi connectivity index (χ0v) is 103. The summed E-state index contributed by atoms with van der Waals surface area (Å²) in [5.74, 6) is 0. The molecule has 6 nitrogen and oxygen atoms in total. The Kier molecular flexibility index (Phi) is 48.0. The van der Waals surface area contributed by atoms with Crippen LogP contribution in [-0.4, -0.2) is 217 Å². The van der Waals surface area contributed by atoms with Gasteiger partial charge in [-0.25, -0.2) is 0 Å². The quantitative estimate of drug-likeness (QED) is 0.0167. The number of benzene rings is 12. The van der Waals surface area contributed by atoms with Gasteiger partial charge in [0.25, 0.3) is 0 Å². The Morgan fingerprint density at radius 3 is 0.280 bits per heavy atom. The van der Waals surface area contributed by atoms with E-state index in [-0.39, 0.29) is 39.6 Å². The maximum atomic E-state index is 10.9. The fraction of sp³-hybridized carbons (Fsp3) is 0.390. The molecule has 0 fully saturated rings. The van der Waals surface area contributed by atoms with Gasteiger partial charge in [0.1, 0.15) is 0 Å². The van der Waals surface area contributed by atoms with E-state index in [1.165, 1.54) is 152 Å². The van der Waals surface area contributed by atoms with Gasteiger partial charge in [0.15, 0.2) is 0 Å². The molecule has 0 bridgehead atoms. The van der Waals surface area contributed by atoms with E-state index in [1.54, 1.807) is 43.0 Å². The summed E-state index contributed by atoms with van der Waals surface area (Å²) in [6, 6.07) is 141. The summed E-state index contributed by atoms with van der Waals surface area (Å²) in [6.45, 7) is 1.39. The molecule has 0 aliphatic heterocycles. The van der Waals surface area contributed by atoms with Gasteiger partial charge in [-0.2, -0.15) is 0 Å². The van der Waals surface area contributed by atoms with Crippen LogP contribution in [0.5, 0.6) is 0 Å². The summed E-state index contributed by atoms with van der Waals surface area (Å²) in [4.78, 5) is 0. The van der Waals surface area contributed by atoms with Crippen molar-refractivity contribution < 1.29 is 30.6 Å². The molecule has 12 aromatic rings. The molecule has 0 spiro atoms. The number of aliphatic hydroxyl groups excluding tert-OH is 6. The van der Waals surface area contributed by atoms with E-state index in [0.29, 0.717) is 0 Å². The molecule has 0 radical (unpaired) electrons.